The van der Waals surface area contributed by atoms with Crippen molar-refractivity contribution in [3.05, 3.63) is 54.3 Å². The van der Waals surface area contributed by atoms with E-state index in [0.29, 0.717) is 4.57 Å². The van der Waals surface area contributed by atoms with E-state index in [1.54, 1.807) is 0 Å². The lowest BCUT2D eigenvalue weighted by Crippen LogP contribution is -2.44. The van der Waals surface area contributed by atoms with Crippen molar-refractivity contribution < 1.29 is 19.1 Å². The molecular formula is C15H14ClFN4O5S. The first kappa shape index (κ1) is 20.5. The van der Waals surface area contributed by atoms with Gasteiger partial charge in [0.1, 0.15) is 11.9 Å². The summed E-state index contributed by atoms with van der Waals surface area (Å²) >= 11 is 10.8. The number of halogens is 2. The minimum Gasteiger partial charge on any atom is -0.480 e. The quantitative estimate of drug-likeness (QED) is 0.705. The minimum absolute atomic E-state index is 0.0797. The van der Waals surface area contributed by atoms with Gasteiger partial charge in [-0.2, -0.15) is 0 Å². The molecule has 0 saturated carbocycles. The third kappa shape index (κ3) is 3.69. The molecule has 0 saturated heterocycles. The number of nitrogens with one attached hydrogen (secondary N) is 1. The molecule has 0 spiro atoms. The van der Waals surface area contributed by atoms with Crippen molar-refractivity contribution in [3.8, 4) is 5.69 Å². The summed E-state index contributed by atoms with van der Waals surface area (Å²) in [5, 5.41) is 10.7. The highest BCUT2D eigenvalue weighted by Gasteiger charge is 2.22. The van der Waals surface area contributed by atoms with E-state index in [2.05, 4.69) is 5.32 Å². The van der Waals surface area contributed by atoms with E-state index >= 15 is 0 Å². The van der Waals surface area contributed by atoms with Crippen LogP contribution in [-0.2, 0) is 18.9 Å². The van der Waals surface area contributed by atoms with Gasteiger partial charge in [-0.3, -0.25) is 18.7 Å². The van der Waals surface area contributed by atoms with Gasteiger partial charge in [0.15, 0.2) is 4.77 Å². The van der Waals surface area contributed by atoms with Crippen molar-refractivity contribution in [2.24, 2.45) is 14.1 Å². The summed E-state index contributed by atoms with van der Waals surface area (Å²) in [4.78, 5) is 48.0. The van der Waals surface area contributed by atoms with Crippen molar-refractivity contribution >= 4 is 35.7 Å². The Bertz CT molecular complexity index is 1100. The standard InChI is InChI=1S/C15H14ClFN4O5S/c1-6(12(23)24)18-11(22)7-4-10(9(17)5-8(7)16)21-13(25)19(2)15(27)20(3)14(21)26/h4-6H,1-3H3,(H,18,22)(H,23,24)/t6-/m1/s1. The van der Waals surface area contributed by atoms with Crippen LogP contribution in [0.25, 0.3) is 5.69 Å². The Labute approximate surface area is 161 Å². The van der Waals surface area contributed by atoms with Gasteiger partial charge in [-0.15, -0.1) is 0 Å². The number of amides is 1. The summed E-state index contributed by atoms with van der Waals surface area (Å²) in [6, 6.07) is 0.410. The van der Waals surface area contributed by atoms with Crippen LogP contribution in [0, 0.1) is 10.6 Å². The van der Waals surface area contributed by atoms with E-state index in [9.17, 15) is 23.6 Å². The van der Waals surface area contributed by atoms with E-state index in [0.717, 1.165) is 21.3 Å². The van der Waals surface area contributed by atoms with Crippen LogP contribution in [0.15, 0.2) is 21.7 Å². The average molecular weight is 417 g/mol. The second kappa shape index (κ2) is 7.45. The zero-order valence-electron chi connectivity index (χ0n) is 14.3. The summed E-state index contributed by atoms with van der Waals surface area (Å²) in [5.74, 6) is -3.23. The first-order valence-electron chi connectivity index (χ1n) is 7.39. The van der Waals surface area contributed by atoms with Crippen LogP contribution in [0.2, 0.25) is 5.02 Å². The predicted octanol–water partition coefficient (Wildman–Crippen LogP) is 0.600. The molecule has 9 nitrogen and oxygen atoms in total. The van der Waals surface area contributed by atoms with E-state index in [4.69, 9.17) is 28.9 Å². The molecule has 1 aromatic carbocycles. The molecule has 1 aromatic heterocycles. The molecule has 2 rings (SSSR count). The lowest BCUT2D eigenvalue weighted by molar-refractivity contribution is -0.138. The average Bonchev–Trinajstić information content (AvgIpc) is 2.59. The van der Waals surface area contributed by atoms with Crippen molar-refractivity contribution in [2.75, 3.05) is 0 Å². The summed E-state index contributed by atoms with van der Waals surface area (Å²) in [7, 11) is 2.60. The maximum Gasteiger partial charge on any atom is 0.338 e. The van der Waals surface area contributed by atoms with E-state index in [1.807, 2.05) is 0 Å². The molecule has 27 heavy (non-hydrogen) atoms. The van der Waals surface area contributed by atoms with Crippen LogP contribution >= 0.6 is 23.8 Å². The number of carboxylic acids is 1. The lowest BCUT2D eigenvalue weighted by atomic mass is 10.1. The summed E-state index contributed by atoms with van der Waals surface area (Å²) in [6.45, 7) is 1.22. The molecule has 12 heteroatoms. The van der Waals surface area contributed by atoms with Crippen LogP contribution in [0.4, 0.5) is 4.39 Å². The summed E-state index contributed by atoms with van der Waals surface area (Å²) in [5.41, 5.74) is -2.67. The van der Waals surface area contributed by atoms with Crippen molar-refractivity contribution in [2.45, 2.75) is 13.0 Å². The smallest absolute Gasteiger partial charge is 0.338 e. The highest BCUT2D eigenvalue weighted by atomic mass is 35.5. The predicted molar refractivity (Wildman–Crippen MR) is 96.6 cm³/mol. The molecule has 0 aliphatic carbocycles. The van der Waals surface area contributed by atoms with Gasteiger partial charge in [0, 0.05) is 14.1 Å². The molecule has 0 radical (unpaired) electrons. The number of carbonyl (C=O) groups excluding carboxylic acids is 1. The van der Waals surface area contributed by atoms with Crippen molar-refractivity contribution in [3.63, 3.8) is 0 Å². The largest absolute Gasteiger partial charge is 0.480 e. The monoisotopic (exact) mass is 416 g/mol. The number of nitrogens with zero attached hydrogens (tertiary/aromatic N) is 3. The van der Waals surface area contributed by atoms with Gasteiger partial charge in [-0.25, -0.2) is 18.5 Å². The van der Waals surface area contributed by atoms with E-state index in [1.165, 1.54) is 21.0 Å². The molecule has 2 aromatic rings. The molecule has 0 aliphatic heterocycles. The van der Waals surface area contributed by atoms with Crippen LogP contribution in [0.1, 0.15) is 17.3 Å². The number of hydrogen-bond donors (Lipinski definition) is 2. The Morgan fingerprint density at radius 1 is 1.22 bits per heavy atom. The Kier molecular flexibility index (Phi) is 5.66. The Morgan fingerprint density at radius 2 is 1.74 bits per heavy atom. The molecule has 0 unspecified atom stereocenters. The number of hydrogen-bond acceptors (Lipinski definition) is 5. The first-order chi connectivity index (χ1) is 12.5. The van der Waals surface area contributed by atoms with Gasteiger partial charge in [0.2, 0.25) is 0 Å². The molecule has 144 valence electrons. The van der Waals surface area contributed by atoms with E-state index < -0.39 is 40.8 Å². The number of aromatic nitrogens is 3. The van der Waals surface area contributed by atoms with Gasteiger partial charge in [-0.05, 0) is 31.3 Å². The third-order valence-corrected chi connectivity index (χ3v) is 4.63. The topological polar surface area (TPSA) is 115 Å². The molecule has 0 aliphatic rings. The number of carbonyl (C=O) groups is 2. The summed E-state index contributed by atoms with van der Waals surface area (Å²) in [6.07, 6.45) is 0. The van der Waals surface area contributed by atoms with Gasteiger partial charge >= 0.3 is 17.3 Å². The van der Waals surface area contributed by atoms with Crippen LogP contribution < -0.4 is 16.7 Å². The van der Waals surface area contributed by atoms with Gasteiger partial charge < -0.3 is 10.4 Å². The minimum atomic E-state index is -1.29. The summed E-state index contributed by atoms with van der Waals surface area (Å²) < 4.78 is 16.8. The van der Waals surface area contributed by atoms with Crippen molar-refractivity contribution in [1.82, 2.24) is 19.0 Å². The fraction of sp³-hybridized carbons (Fsp3) is 0.267. The van der Waals surface area contributed by atoms with Crippen LogP contribution in [0.5, 0.6) is 0 Å². The van der Waals surface area contributed by atoms with Gasteiger partial charge in [-0.1, -0.05) is 11.6 Å². The second-order valence-corrected chi connectivity index (χ2v) is 6.39. The highest BCUT2D eigenvalue weighted by molar-refractivity contribution is 7.71. The lowest BCUT2D eigenvalue weighted by Gasteiger charge is -2.14. The number of rotatable bonds is 4. The Morgan fingerprint density at radius 3 is 2.22 bits per heavy atom. The Hall–Kier alpha value is -2.79. The van der Waals surface area contributed by atoms with Gasteiger partial charge in [0.05, 0.1) is 16.3 Å². The fourth-order valence-electron chi connectivity index (χ4n) is 2.20. The fourth-order valence-corrected chi connectivity index (χ4v) is 2.59. The highest BCUT2D eigenvalue weighted by Crippen LogP contribution is 2.22. The molecule has 0 bridgehead atoms. The zero-order chi connectivity index (χ0) is 20.6. The third-order valence-electron chi connectivity index (χ3n) is 3.77. The molecule has 1 amide bonds. The molecule has 1 heterocycles. The van der Waals surface area contributed by atoms with E-state index in [-0.39, 0.29) is 15.4 Å². The first-order valence-corrected chi connectivity index (χ1v) is 8.18. The maximum atomic E-state index is 14.4. The molecule has 0 fully saturated rings. The second-order valence-electron chi connectivity index (χ2n) is 5.62. The van der Waals surface area contributed by atoms with Crippen LogP contribution in [-0.4, -0.2) is 36.7 Å². The normalized spacial score (nSPS) is 11.9. The molecular weight excluding hydrogens is 403 g/mol. The molecule has 2 N–H and O–H groups in total. The van der Waals surface area contributed by atoms with Gasteiger partial charge in [0.25, 0.3) is 5.91 Å². The van der Waals surface area contributed by atoms with Crippen LogP contribution in [0.3, 0.4) is 0 Å². The zero-order valence-corrected chi connectivity index (χ0v) is 15.9. The Balaban J connectivity index is 2.74. The molecule has 1 atom stereocenters. The maximum absolute atomic E-state index is 14.4. The SMILES string of the molecule is C[C@@H](NC(=O)c1cc(-n2c(=O)n(C)c(=S)n(C)c2=O)c(F)cc1Cl)C(=O)O. The number of carboxylic acid groups (broad SMARTS) is 1. The van der Waals surface area contributed by atoms with Crippen molar-refractivity contribution in [1.29, 1.82) is 0 Å². The number of benzene rings is 1. The number of aliphatic carboxylic acids is 1.